The zero-order valence-electron chi connectivity index (χ0n) is 11.9. The van der Waals surface area contributed by atoms with Gasteiger partial charge >= 0.3 is 5.97 Å². The van der Waals surface area contributed by atoms with Gasteiger partial charge in [-0.15, -0.1) is 0 Å². The molecule has 0 saturated carbocycles. The third-order valence-electron chi connectivity index (χ3n) is 3.17. The molecule has 0 saturated heterocycles. The molecule has 0 fully saturated rings. The molecule has 0 bridgehead atoms. The van der Waals surface area contributed by atoms with Crippen LogP contribution in [0.5, 0.6) is 0 Å². The number of halogens is 1. The molecular weight excluding hydrogens is 273 g/mol. The van der Waals surface area contributed by atoms with Crippen LogP contribution in [0.3, 0.4) is 0 Å². The summed E-state index contributed by atoms with van der Waals surface area (Å²) in [7, 11) is 0. The smallest absolute Gasteiger partial charge is 0.355 e. The molecule has 0 radical (unpaired) electrons. The molecule has 21 heavy (non-hydrogen) atoms. The summed E-state index contributed by atoms with van der Waals surface area (Å²) in [4.78, 5) is 26.7. The Morgan fingerprint density at radius 3 is 2.76 bits per heavy atom. The van der Waals surface area contributed by atoms with E-state index in [1.165, 1.54) is 18.3 Å². The molecule has 0 atom stereocenters. The van der Waals surface area contributed by atoms with E-state index >= 15 is 0 Å². The minimum Gasteiger partial charge on any atom is -0.461 e. The minimum absolute atomic E-state index is 0.0821. The van der Waals surface area contributed by atoms with E-state index in [1.54, 1.807) is 26.0 Å². The fraction of sp³-hybridized carbons (Fsp3) is 0.250. The molecule has 0 aliphatic rings. The predicted molar refractivity (Wildman–Crippen MR) is 75.9 cm³/mol. The second-order valence-corrected chi connectivity index (χ2v) is 4.65. The zero-order valence-corrected chi connectivity index (χ0v) is 11.9. The van der Waals surface area contributed by atoms with Crippen molar-refractivity contribution in [3.8, 4) is 0 Å². The monoisotopic (exact) mass is 289 g/mol. The van der Waals surface area contributed by atoms with Crippen molar-refractivity contribution < 1.29 is 18.7 Å². The molecule has 4 nitrogen and oxygen atoms in total. The third kappa shape index (κ3) is 3.37. The van der Waals surface area contributed by atoms with Crippen LogP contribution in [0.1, 0.15) is 38.9 Å². The van der Waals surface area contributed by atoms with Crippen LogP contribution in [0.2, 0.25) is 0 Å². The van der Waals surface area contributed by atoms with Gasteiger partial charge in [-0.25, -0.2) is 9.18 Å². The molecule has 0 aliphatic carbocycles. The van der Waals surface area contributed by atoms with Crippen molar-refractivity contribution in [1.29, 1.82) is 0 Å². The topological polar surface area (TPSA) is 59.2 Å². The first-order chi connectivity index (χ1) is 10.0. The molecule has 1 aromatic carbocycles. The van der Waals surface area contributed by atoms with E-state index in [9.17, 15) is 14.0 Å². The van der Waals surface area contributed by atoms with Gasteiger partial charge in [-0.1, -0.05) is 12.1 Å². The number of Topliss-reactive ketones (excluding diaryl/α,β-unsaturated/α-hetero) is 1. The number of hydrogen-bond acceptors (Lipinski definition) is 3. The molecule has 2 rings (SSSR count). The number of aromatic amines is 1. The van der Waals surface area contributed by atoms with Crippen LogP contribution in [0.25, 0.3) is 0 Å². The lowest BCUT2D eigenvalue weighted by Gasteiger charge is -2.03. The summed E-state index contributed by atoms with van der Waals surface area (Å²) in [5, 5.41) is 0. The first-order valence-corrected chi connectivity index (χ1v) is 6.65. The minimum atomic E-state index is -0.486. The Hall–Kier alpha value is -2.43. The van der Waals surface area contributed by atoms with Gasteiger partial charge in [0.1, 0.15) is 11.5 Å². The van der Waals surface area contributed by atoms with Gasteiger partial charge in [-0.3, -0.25) is 4.79 Å². The van der Waals surface area contributed by atoms with Gasteiger partial charge in [-0.2, -0.15) is 0 Å². The first kappa shape index (κ1) is 15.0. The van der Waals surface area contributed by atoms with Gasteiger partial charge in [0.15, 0.2) is 5.78 Å². The van der Waals surface area contributed by atoms with Gasteiger partial charge < -0.3 is 9.72 Å². The maximum Gasteiger partial charge on any atom is 0.355 e. The highest BCUT2D eigenvalue weighted by atomic mass is 19.1. The number of carbonyl (C=O) groups is 2. The lowest BCUT2D eigenvalue weighted by atomic mass is 10.0. The van der Waals surface area contributed by atoms with E-state index in [4.69, 9.17) is 4.74 Å². The van der Waals surface area contributed by atoms with Crippen molar-refractivity contribution in [1.82, 2.24) is 4.98 Å². The second-order valence-electron chi connectivity index (χ2n) is 4.65. The Labute approximate surface area is 121 Å². The highest BCUT2D eigenvalue weighted by Crippen LogP contribution is 2.17. The fourth-order valence-corrected chi connectivity index (χ4v) is 2.13. The number of hydrogen-bond donors (Lipinski definition) is 1. The molecular formula is C16H16FNO3. The summed E-state index contributed by atoms with van der Waals surface area (Å²) in [5.74, 6) is -1.04. The number of aromatic nitrogens is 1. The second kappa shape index (κ2) is 6.35. The number of ketones is 1. The van der Waals surface area contributed by atoms with E-state index < -0.39 is 5.97 Å². The molecule has 110 valence electrons. The van der Waals surface area contributed by atoms with Crippen molar-refractivity contribution >= 4 is 11.8 Å². The van der Waals surface area contributed by atoms with Crippen LogP contribution in [-0.2, 0) is 11.2 Å². The Balaban J connectivity index is 2.19. The van der Waals surface area contributed by atoms with Crippen LogP contribution in [0, 0.1) is 12.7 Å². The molecule has 0 amide bonds. The van der Waals surface area contributed by atoms with Crippen LogP contribution in [-0.4, -0.2) is 23.3 Å². The van der Waals surface area contributed by atoms with Gasteiger partial charge in [0, 0.05) is 18.2 Å². The maximum atomic E-state index is 13.1. The highest BCUT2D eigenvalue weighted by Gasteiger charge is 2.19. The van der Waals surface area contributed by atoms with E-state index in [0.29, 0.717) is 16.7 Å². The molecule has 1 heterocycles. The average molecular weight is 289 g/mol. The molecule has 0 spiro atoms. The van der Waals surface area contributed by atoms with E-state index in [-0.39, 0.29) is 30.3 Å². The van der Waals surface area contributed by atoms with Crippen molar-refractivity contribution in [2.45, 2.75) is 20.3 Å². The van der Waals surface area contributed by atoms with Crippen LogP contribution in [0.4, 0.5) is 4.39 Å². The van der Waals surface area contributed by atoms with Gasteiger partial charge in [0.2, 0.25) is 0 Å². The van der Waals surface area contributed by atoms with Crippen molar-refractivity contribution in [2.75, 3.05) is 6.61 Å². The number of benzene rings is 1. The molecule has 0 unspecified atom stereocenters. The zero-order chi connectivity index (χ0) is 15.4. The van der Waals surface area contributed by atoms with Crippen molar-refractivity contribution in [3.05, 3.63) is 58.7 Å². The summed E-state index contributed by atoms with van der Waals surface area (Å²) in [5.41, 5.74) is 1.84. The number of nitrogens with one attached hydrogen (secondary N) is 1. The third-order valence-corrected chi connectivity index (χ3v) is 3.17. The SMILES string of the molecule is CCOC(=O)c1[nH]cc(C(=O)Cc2cccc(F)c2)c1C. The fourth-order valence-electron chi connectivity index (χ4n) is 2.13. The first-order valence-electron chi connectivity index (χ1n) is 6.65. The van der Waals surface area contributed by atoms with Gasteiger partial charge in [0.25, 0.3) is 0 Å². The van der Waals surface area contributed by atoms with E-state index in [2.05, 4.69) is 4.98 Å². The summed E-state index contributed by atoms with van der Waals surface area (Å²) in [6.07, 6.45) is 1.57. The van der Waals surface area contributed by atoms with Crippen molar-refractivity contribution in [3.63, 3.8) is 0 Å². The summed E-state index contributed by atoms with van der Waals surface area (Å²) in [6.45, 7) is 3.66. The molecule has 2 aromatic rings. The van der Waals surface area contributed by atoms with Crippen LogP contribution < -0.4 is 0 Å². The lowest BCUT2D eigenvalue weighted by molar-refractivity contribution is 0.0519. The number of esters is 1. The summed E-state index contributed by atoms with van der Waals surface area (Å²) < 4.78 is 18.0. The summed E-state index contributed by atoms with van der Waals surface area (Å²) in [6, 6.07) is 5.90. The predicted octanol–water partition coefficient (Wildman–Crippen LogP) is 3.06. The van der Waals surface area contributed by atoms with E-state index in [0.717, 1.165) is 0 Å². The van der Waals surface area contributed by atoms with E-state index in [1.807, 2.05) is 0 Å². The standard InChI is InChI=1S/C16H16FNO3/c1-3-21-16(20)15-10(2)13(9-18-15)14(19)8-11-5-4-6-12(17)7-11/h4-7,9,18H,3,8H2,1-2H3. The average Bonchev–Trinajstić information content (AvgIpc) is 2.81. The quantitative estimate of drug-likeness (QED) is 0.679. The van der Waals surface area contributed by atoms with Gasteiger partial charge in [0.05, 0.1) is 6.61 Å². The number of H-pyrrole nitrogens is 1. The van der Waals surface area contributed by atoms with Gasteiger partial charge in [-0.05, 0) is 37.1 Å². The molecule has 1 aromatic heterocycles. The Morgan fingerprint density at radius 1 is 1.33 bits per heavy atom. The maximum absolute atomic E-state index is 13.1. The molecule has 1 N–H and O–H groups in total. The highest BCUT2D eigenvalue weighted by molar-refractivity contribution is 6.02. The normalized spacial score (nSPS) is 10.4. The number of rotatable bonds is 5. The molecule has 0 aliphatic heterocycles. The Kier molecular flexibility index (Phi) is 4.52. The Morgan fingerprint density at radius 2 is 2.10 bits per heavy atom. The molecule has 5 heteroatoms. The Bertz CT molecular complexity index is 676. The van der Waals surface area contributed by atoms with Crippen LogP contribution >= 0.6 is 0 Å². The summed E-state index contributed by atoms with van der Waals surface area (Å²) >= 11 is 0. The number of carbonyl (C=O) groups excluding carboxylic acids is 2. The van der Waals surface area contributed by atoms with Crippen molar-refractivity contribution in [2.24, 2.45) is 0 Å². The van der Waals surface area contributed by atoms with Crippen LogP contribution in [0.15, 0.2) is 30.5 Å². The lowest BCUT2D eigenvalue weighted by Crippen LogP contribution is -2.08. The number of ether oxygens (including phenoxy) is 1. The largest absolute Gasteiger partial charge is 0.461 e.